The van der Waals surface area contributed by atoms with E-state index in [1.165, 1.54) is 0 Å². The van der Waals surface area contributed by atoms with Crippen LogP contribution in [-0.2, 0) is 6.54 Å². The van der Waals surface area contributed by atoms with Crippen molar-refractivity contribution >= 4 is 34.4 Å². The molecule has 0 saturated carbocycles. The van der Waals surface area contributed by atoms with Gasteiger partial charge in [0.25, 0.3) is 0 Å². The zero-order chi connectivity index (χ0) is 18.6. The second kappa shape index (κ2) is 7.51. The zero-order valence-electron chi connectivity index (χ0n) is 14.6. The molecule has 136 valence electrons. The summed E-state index contributed by atoms with van der Waals surface area (Å²) in [6.07, 6.45) is 0. The van der Waals surface area contributed by atoms with Crippen LogP contribution in [0.25, 0.3) is 5.65 Å². The zero-order valence-corrected chi connectivity index (χ0v) is 15.3. The fourth-order valence-electron chi connectivity index (χ4n) is 2.64. The molecule has 0 saturated heterocycles. The van der Waals surface area contributed by atoms with Crippen LogP contribution >= 0.6 is 11.6 Å². The molecule has 7 nitrogen and oxygen atoms in total. The summed E-state index contributed by atoms with van der Waals surface area (Å²) in [4.78, 5) is 0. The standard InChI is InChI=1S/C19H17ClN6O/c1-27-16-7-3-5-14(11-16)21-12-19-24-23-18-9-8-17(25-26(18)19)22-15-6-2-4-13(20)10-15/h2-11,21H,12H2,1H3,(H,22,25). The number of anilines is 3. The van der Waals surface area contributed by atoms with Gasteiger partial charge in [0, 0.05) is 22.5 Å². The SMILES string of the molecule is COc1cccc(NCc2nnc3ccc(Nc4cccc(Cl)c4)nn23)c1. The molecule has 2 N–H and O–H groups in total. The number of nitrogens with zero attached hydrogens (tertiary/aromatic N) is 4. The molecule has 27 heavy (non-hydrogen) atoms. The van der Waals surface area contributed by atoms with E-state index in [4.69, 9.17) is 16.3 Å². The van der Waals surface area contributed by atoms with E-state index in [0.29, 0.717) is 28.9 Å². The van der Waals surface area contributed by atoms with Gasteiger partial charge in [-0.3, -0.25) is 0 Å². The number of fused-ring (bicyclic) bond motifs is 1. The number of benzene rings is 2. The van der Waals surface area contributed by atoms with Gasteiger partial charge in [0.15, 0.2) is 17.3 Å². The highest BCUT2D eigenvalue weighted by molar-refractivity contribution is 6.30. The number of ether oxygens (including phenoxy) is 1. The molecule has 0 aliphatic heterocycles. The van der Waals surface area contributed by atoms with E-state index in [9.17, 15) is 0 Å². The van der Waals surface area contributed by atoms with Gasteiger partial charge in [-0.2, -0.15) is 4.52 Å². The molecule has 0 aliphatic rings. The molecule has 0 amide bonds. The fourth-order valence-corrected chi connectivity index (χ4v) is 2.83. The van der Waals surface area contributed by atoms with Crippen LogP contribution in [0.2, 0.25) is 5.02 Å². The van der Waals surface area contributed by atoms with E-state index in [1.54, 1.807) is 11.6 Å². The number of methoxy groups -OCH3 is 1. The van der Waals surface area contributed by atoms with Crippen LogP contribution in [0.4, 0.5) is 17.2 Å². The highest BCUT2D eigenvalue weighted by Crippen LogP contribution is 2.20. The van der Waals surface area contributed by atoms with Crippen LogP contribution in [0.1, 0.15) is 5.82 Å². The molecule has 4 rings (SSSR count). The van der Waals surface area contributed by atoms with E-state index in [0.717, 1.165) is 17.1 Å². The van der Waals surface area contributed by atoms with Gasteiger partial charge in [-0.1, -0.05) is 23.7 Å². The Morgan fingerprint density at radius 1 is 1.00 bits per heavy atom. The summed E-state index contributed by atoms with van der Waals surface area (Å²) in [7, 11) is 1.64. The van der Waals surface area contributed by atoms with Gasteiger partial charge >= 0.3 is 0 Å². The maximum absolute atomic E-state index is 6.03. The summed E-state index contributed by atoms with van der Waals surface area (Å²) in [6, 6.07) is 18.9. The van der Waals surface area contributed by atoms with Crippen LogP contribution < -0.4 is 15.4 Å². The molecule has 0 fully saturated rings. The first-order valence-electron chi connectivity index (χ1n) is 8.33. The monoisotopic (exact) mass is 380 g/mol. The molecule has 0 spiro atoms. The van der Waals surface area contributed by atoms with Gasteiger partial charge in [-0.15, -0.1) is 15.3 Å². The van der Waals surface area contributed by atoms with E-state index in [-0.39, 0.29) is 0 Å². The van der Waals surface area contributed by atoms with E-state index < -0.39 is 0 Å². The third-order valence-corrected chi connectivity index (χ3v) is 4.18. The molecular weight excluding hydrogens is 364 g/mol. The number of halogens is 1. The second-order valence-corrected chi connectivity index (χ2v) is 6.26. The normalized spacial score (nSPS) is 10.7. The average molecular weight is 381 g/mol. The lowest BCUT2D eigenvalue weighted by Crippen LogP contribution is -2.07. The second-order valence-electron chi connectivity index (χ2n) is 5.83. The van der Waals surface area contributed by atoms with Crippen molar-refractivity contribution in [2.75, 3.05) is 17.7 Å². The first kappa shape index (κ1) is 17.1. The largest absolute Gasteiger partial charge is 0.497 e. The lowest BCUT2D eigenvalue weighted by molar-refractivity contribution is 0.415. The van der Waals surface area contributed by atoms with Crippen molar-refractivity contribution in [2.45, 2.75) is 6.54 Å². The van der Waals surface area contributed by atoms with Gasteiger partial charge in [0.2, 0.25) is 0 Å². The number of aromatic nitrogens is 4. The smallest absolute Gasteiger partial charge is 0.178 e. The highest BCUT2D eigenvalue weighted by Gasteiger charge is 2.08. The topological polar surface area (TPSA) is 76.4 Å². The van der Waals surface area contributed by atoms with Crippen LogP contribution in [0.3, 0.4) is 0 Å². The Balaban J connectivity index is 1.54. The molecular formula is C19H17ClN6O. The van der Waals surface area contributed by atoms with E-state index in [2.05, 4.69) is 25.9 Å². The molecule has 0 aliphatic carbocycles. The lowest BCUT2D eigenvalue weighted by atomic mass is 10.3. The van der Waals surface area contributed by atoms with Crippen molar-refractivity contribution in [3.63, 3.8) is 0 Å². The molecule has 4 aromatic rings. The number of hydrogen-bond donors (Lipinski definition) is 2. The van der Waals surface area contributed by atoms with Crippen molar-refractivity contribution < 1.29 is 4.74 Å². The van der Waals surface area contributed by atoms with Crippen LogP contribution in [0.15, 0.2) is 60.7 Å². The average Bonchev–Trinajstić information content (AvgIpc) is 3.09. The molecule has 2 heterocycles. The van der Waals surface area contributed by atoms with Gasteiger partial charge in [-0.05, 0) is 42.5 Å². The van der Waals surface area contributed by atoms with Crippen LogP contribution in [-0.4, -0.2) is 26.9 Å². The maximum Gasteiger partial charge on any atom is 0.178 e. The Labute approximate surface area is 161 Å². The third kappa shape index (κ3) is 3.93. The predicted molar refractivity (Wildman–Crippen MR) is 106 cm³/mol. The molecule has 2 aromatic carbocycles. The quantitative estimate of drug-likeness (QED) is 0.523. The van der Waals surface area contributed by atoms with Crippen LogP contribution in [0, 0.1) is 0 Å². The van der Waals surface area contributed by atoms with E-state index >= 15 is 0 Å². The Kier molecular flexibility index (Phi) is 4.76. The van der Waals surface area contributed by atoms with E-state index in [1.807, 2.05) is 60.7 Å². The Hall–Kier alpha value is -3.32. The van der Waals surface area contributed by atoms with Crippen molar-refractivity contribution in [3.05, 3.63) is 71.5 Å². The number of hydrogen-bond acceptors (Lipinski definition) is 6. The number of nitrogens with one attached hydrogen (secondary N) is 2. The summed E-state index contributed by atoms with van der Waals surface area (Å²) in [5.41, 5.74) is 2.46. The third-order valence-electron chi connectivity index (χ3n) is 3.94. The molecule has 0 unspecified atom stereocenters. The van der Waals surface area contributed by atoms with Gasteiger partial charge in [0.1, 0.15) is 5.75 Å². The summed E-state index contributed by atoms with van der Waals surface area (Å²) < 4.78 is 6.95. The number of rotatable bonds is 6. The lowest BCUT2D eigenvalue weighted by Gasteiger charge is -2.08. The minimum Gasteiger partial charge on any atom is -0.497 e. The van der Waals surface area contributed by atoms with Gasteiger partial charge < -0.3 is 15.4 Å². The maximum atomic E-state index is 6.03. The molecule has 2 aromatic heterocycles. The van der Waals surface area contributed by atoms with Gasteiger partial charge in [-0.25, -0.2) is 0 Å². The van der Waals surface area contributed by atoms with Crippen molar-refractivity contribution in [3.8, 4) is 5.75 Å². The Morgan fingerprint density at radius 2 is 1.85 bits per heavy atom. The molecule has 0 bridgehead atoms. The minimum absolute atomic E-state index is 0.474. The van der Waals surface area contributed by atoms with Crippen molar-refractivity contribution in [1.29, 1.82) is 0 Å². The van der Waals surface area contributed by atoms with Gasteiger partial charge in [0.05, 0.1) is 13.7 Å². The summed E-state index contributed by atoms with van der Waals surface area (Å²) in [5, 5.41) is 20.2. The first-order chi connectivity index (χ1) is 13.2. The molecule has 0 atom stereocenters. The first-order valence-corrected chi connectivity index (χ1v) is 8.71. The minimum atomic E-state index is 0.474. The molecule has 8 heteroatoms. The Bertz CT molecular complexity index is 1080. The highest BCUT2D eigenvalue weighted by atomic mass is 35.5. The van der Waals surface area contributed by atoms with Crippen molar-refractivity contribution in [1.82, 2.24) is 19.8 Å². The Morgan fingerprint density at radius 3 is 2.70 bits per heavy atom. The summed E-state index contributed by atoms with van der Waals surface area (Å²) >= 11 is 6.03. The fraction of sp³-hybridized carbons (Fsp3) is 0.105. The van der Waals surface area contributed by atoms with Crippen molar-refractivity contribution in [2.24, 2.45) is 0 Å². The summed E-state index contributed by atoms with van der Waals surface area (Å²) in [5.74, 6) is 2.16. The van der Waals surface area contributed by atoms with Crippen LogP contribution in [0.5, 0.6) is 5.75 Å². The molecule has 0 radical (unpaired) electrons. The summed E-state index contributed by atoms with van der Waals surface area (Å²) in [6.45, 7) is 0.474. The predicted octanol–water partition coefficient (Wildman–Crippen LogP) is 4.14.